The lowest BCUT2D eigenvalue weighted by atomic mass is 10.0. The number of aryl methyl sites for hydroxylation is 1. The van der Waals surface area contributed by atoms with Gasteiger partial charge in [-0.3, -0.25) is 9.69 Å². The Balaban J connectivity index is 2.09. The fraction of sp³-hybridized carbons (Fsp3) is 0.409. The van der Waals surface area contributed by atoms with Gasteiger partial charge in [-0.1, -0.05) is 50.2 Å². The van der Waals surface area contributed by atoms with E-state index in [1.54, 1.807) is 11.8 Å². The van der Waals surface area contributed by atoms with E-state index in [1.807, 2.05) is 31.4 Å². The second-order valence-electron chi connectivity index (χ2n) is 6.46. The number of thioether (sulfide) groups is 1. The first-order valence-corrected chi connectivity index (χ1v) is 10.5. The van der Waals surface area contributed by atoms with Crippen molar-refractivity contribution in [2.24, 2.45) is 0 Å². The number of hydrogen-bond acceptors (Lipinski definition) is 3. The molecule has 1 N–H and O–H groups in total. The fourth-order valence-corrected chi connectivity index (χ4v) is 3.67. The minimum atomic E-state index is 0.0172. The van der Waals surface area contributed by atoms with E-state index >= 15 is 0 Å². The molecule has 0 aliphatic carbocycles. The summed E-state index contributed by atoms with van der Waals surface area (Å²) in [7, 11) is 0. The summed E-state index contributed by atoms with van der Waals surface area (Å²) in [5.41, 5.74) is 3.09. The summed E-state index contributed by atoms with van der Waals surface area (Å²) < 4.78 is 0. The van der Waals surface area contributed by atoms with E-state index < -0.39 is 0 Å². The van der Waals surface area contributed by atoms with Crippen molar-refractivity contribution < 1.29 is 4.79 Å². The van der Waals surface area contributed by atoms with Gasteiger partial charge in [0.25, 0.3) is 5.91 Å². The molecule has 4 heteroatoms. The highest BCUT2D eigenvalue weighted by atomic mass is 32.2. The summed E-state index contributed by atoms with van der Waals surface area (Å²) in [4.78, 5) is 16.3. The monoisotopic (exact) mass is 370 g/mol. The summed E-state index contributed by atoms with van der Waals surface area (Å²) in [5.74, 6) is 0.0172. The van der Waals surface area contributed by atoms with E-state index in [-0.39, 0.29) is 5.91 Å². The first-order valence-electron chi connectivity index (χ1n) is 9.29. The number of hydrogen-bond donors (Lipinski definition) is 1. The Morgan fingerprint density at radius 1 is 1.12 bits per heavy atom. The minimum Gasteiger partial charge on any atom is -0.350 e. The zero-order valence-electron chi connectivity index (χ0n) is 16.3. The third kappa shape index (κ3) is 5.61. The van der Waals surface area contributed by atoms with E-state index in [0.29, 0.717) is 12.6 Å². The van der Waals surface area contributed by atoms with Crippen LogP contribution >= 0.6 is 11.8 Å². The summed E-state index contributed by atoms with van der Waals surface area (Å²) in [5, 5.41) is 3.17. The van der Waals surface area contributed by atoms with Crippen LogP contribution in [0.3, 0.4) is 0 Å². The molecule has 0 bridgehead atoms. The van der Waals surface area contributed by atoms with E-state index in [1.165, 1.54) is 5.56 Å². The molecule has 0 saturated carbocycles. The van der Waals surface area contributed by atoms with Gasteiger partial charge in [0.1, 0.15) is 0 Å². The third-order valence-corrected chi connectivity index (χ3v) is 5.56. The molecule has 1 amide bonds. The Bertz CT molecular complexity index is 699. The van der Waals surface area contributed by atoms with Crippen LogP contribution in [0.4, 0.5) is 0 Å². The number of carbonyl (C=O) groups excluding carboxylic acids is 1. The van der Waals surface area contributed by atoms with Crippen LogP contribution in [-0.2, 0) is 6.42 Å². The fourth-order valence-electron chi connectivity index (χ4n) is 3.23. The number of likely N-dealkylation sites (N-methyl/N-ethyl adjacent to an activating group) is 1. The quantitative estimate of drug-likeness (QED) is 0.664. The van der Waals surface area contributed by atoms with Gasteiger partial charge in [-0.05, 0) is 55.9 Å². The normalized spacial score (nSPS) is 12.2. The lowest BCUT2D eigenvalue weighted by Crippen LogP contribution is -2.45. The minimum absolute atomic E-state index is 0.0172. The van der Waals surface area contributed by atoms with E-state index in [2.05, 4.69) is 54.4 Å². The molecule has 1 unspecified atom stereocenters. The Labute approximate surface area is 162 Å². The molecule has 0 aromatic heterocycles. The van der Waals surface area contributed by atoms with Crippen LogP contribution in [0.15, 0.2) is 53.4 Å². The molecule has 26 heavy (non-hydrogen) atoms. The molecular weight excluding hydrogens is 340 g/mol. The summed E-state index contributed by atoms with van der Waals surface area (Å²) in [6.45, 7) is 8.95. The topological polar surface area (TPSA) is 32.3 Å². The molecule has 0 radical (unpaired) electrons. The van der Waals surface area contributed by atoms with Crippen LogP contribution in [0, 0.1) is 6.92 Å². The first-order chi connectivity index (χ1) is 12.6. The number of nitrogens with zero attached hydrogens (tertiary/aromatic N) is 1. The van der Waals surface area contributed by atoms with Gasteiger partial charge in [0, 0.05) is 23.0 Å². The predicted molar refractivity (Wildman–Crippen MR) is 112 cm³/mol. The van der Waals surface area contributed by atoms with Crippen LogP contribution in [0.25, 0.3) is 0 Å². The van der Waals surface area contributed by atoms with Crippen LogP contribution in [0.1, 0.15) is 35.3 Å². The molecule has 2 aromatic carbocycles. The molecule has 2 rings (SSSR count). The molecule has 0 heterocycles. The number of benzene rings is 2. The Hall–Kier alpha value is -1.78. The standard InChI is InChI=1S/C22H30N2OS/c1-5-24(6-2)19(14-18-10-8-7-9-11-18)16-23-22(25)21-15-20(26-4)13-12-17(21)3/h7-13,15,19H,5-6,14,16H2,1-4H3,(H,23,25). The summed E-state index contributed by atoms with van der Waals surface area (Å²) in [6.07, 6.45) is 2.97. The van der Waals surface area contributed by atoms with Crippen molar-refractivity contribution in [3.8, 4) is 0 Å². The largest absolute Gasteiger partial charge is 0.350 e. The molecule has 3 nitrogen and oxygen atoms in total. The van der Waals surface area contributed by atoms with Gasteiger partial charge >= 0.3 is 0 Å². The van der Waals surface area contributed by atoms with Crippen LogP contribution < -0.4 is 5.32 Å². The maximum absolute atomic E-state index is 12.8. The molecule has 140 valence electrons. The average Bonchev–Trinajstić information content (AvgIpc) is 2.67. The smallest absolute Gasteiger partial charge is 0.251 e. The lowest BCUT2D eigenvalue weighted by molar-refractivity contribution is 0.0934. The summed E-state index contributed by atoms with van der Waals surface area (Å²) >= 11 is 1.66. The average molecular weight is 371 g/mol. The second-order valence-corrected chi connectivity index (χ2v) is 7.34. The molecule has 0 spiro atoms. The van der Waals surface area contributed by atoms with E-state index in [0.717, 1.165) is 35.5 Å². The Kier molecular flexibility index (Phi) is 8.20. The zero-order chi connectivity index (χ0) is 18.9. The van der Waals surface area contributed by atoms with Crippen LogP contribution in [-0.4, -0.2) is 42.7 Å². The molecule has 1 atom stereocenters. The van der Waals surface area contributed by atoms with Crippen LogP contribution in [0.5, 0.6) is 0 Å². The van der Waals surface area contributed by atoms with Gasteiger partial charge in [-0.25, -0.2) is 0 Å². The highest BCUT2D eigenvalue weighted by Crippen LogP contribution is 2.19. The molecule has 2 aromatic rings. The molecule has 0 aliphatic heterocycles. The molecule has 0 fully saturated rings. The van der Waals surface area contributed by atoms with E-state index in [4.69, 9.17) is 0 Å². The Morgan fingerprint density at radius 2 is 1.81 bits per heavy atom. The van der Waals surface area contributed by atoms with Crippen molar-refractivity contribution in [2.75, 3.05) is 25.9 Å². The third-order valence-electron chi connectivity index (χ3n) is 4.83. The molecule has 0 saturated heterocycles. The van der Waals surface area contributed by atoms with Crippen molar-refractivity contribution in [3.05, 3.63) is 65.2 Å². The van der Waals surface area contributed by atoms with Crippen molar-refractivity contribution in [1.82, 2.24) is 10.2 Å². The van der Waals surface area contributed by atoms with Gasteiger partial charge < -0.3 is 5.32 Å². The molecular formula is C22H30N2OS. The van der Waals surface area contributed by atoms with E-state index in [9.17, 15) is 4.79 Å². The number of amides is 1. The van der Waals surface area contributed by atoms with Gasteiger partial charge in [-0.2, -0.15) is 0 Å². The highest BCUT2D eigenvalue weighted by Gasteiger charge is 2.18. The highest BCUT2D eigenvalue weighted by molar-refractivity contribution is 7.98. The zero-order valence-corrected chi connectivity index (χ0v) is 17.1. The van der Waals surface area contributed by atoms with Crippen molar-refractivity contribution in [2.45, 2.75) is 38.1 Å². The lowest BCUT2D eigenvalue weighted by Gasteiger charge is -2.30. The van der Waals surface area contributed by atoms with Crippen LogP contribution in [0.2, 0.25) is 0 Å². The maximum atomic E-state index is 12.8. The van der Waals surface area contributed by atoms with Crippen molar-refractivity contribution >= 4 is 17.7 Å². The van der Waals surface area contributed by atoms with Gasteiger partial charge in [0.15, 0.2) is 0 Å². The van der Waals surface area contributed by atoms with Gasteiger partial charge in [0.05, 0.1) is 0 Å². The number of rotatable bonds is 9. The maximum Gasteiger partial charge on any atom is 0.251 e. The predicted octanol–water partition coefficient (Wildman–Crippen LogP) is 4.40. The SMILES string of the molecule is CCN(CC)C(CNC(=O)c1cc(SC)ccc1C)Cc1ccccc1. The second kappa shape index (κ2) is 10.4. The Morgan fingerprint density at radius 3 is 2.42 bits per heavy atom. The van der Waals surface area contributed by atoms with Crippen molar-refractivity contribution in [3.63, 3.8) is 0 Å². The van der Waals surface area contributed by atoms with Gasteiger partial charge in [-0.15, -0.1) is 11.8 Å². The number of nitrogens with one attached hydrogen (secondary N) is 1. The number of carbonyl (C=O) groups is 1. The molecule has 0 aliphatic rings. The summed E-state index contributed by atoms with van der Waals surface area (Å²) in [6, 6.07) is 16.9. The van der Waals surface area contributed by atoms with Crippen molar-refractivity contribution in [1.29, 1.82) is 0 Å². The van der Waals surface area contributed by atoms with Gasteiger partial charge in [0.2, 0.25) is 0 Å². The first kappa shape index (κ1) is 20.5.